The van der Waals surface area contributed by atoms with Gasteiger partial charge in [-0.25, -0.2) is 0 Å². The maximum atomic E-state index is 8.67. The summed E-state index contributed by atoms with van der Waals surface area (Å²) in [4.78, 5) is 4.27. The second-order valence-corrected chi connectivity index (χ2v) is 4.62. The minimum absolute atomic E-state index is 0.570. The molecule has 0 amide bonds. The summed E-state index contributed by atoms with van der Waals surface area (Å²) in [5, 5.41) is 8.67. The van der Waals surface area contributed by atoms with Gasteiger partial charge in [-0.3, -0.25) is 4.98 Å². The first kappa shape index (κ1) is 12.6. The van der Waals surface area contributed by atoms with E-state index in [1.54, 1.807) is 30.5 Å². The summed E-state index contributed by atoms with van der Waals surface area (Å²) in [6.45, 7) is 0.570. The molecule has 0 atom stereocenters. The molecule has 0 bridgehead atoms. The van der Waals surface area contributed by atoms with Crippen LogP contribution in [0.1, 0.15) is 11.3 Å². The van der Waals surface area contributed by atoms with E-state index >= 15 is 0 Å². The summed E-state index contributed by atoms with van der Waals surface area (Å²) in [6, 6.07) is 13.1. The zero-order valence-corrected chi connectivity index (χ0v) is 11.2. The van der Waals surface area contributed by atoms with E-state index in [0.29, 0.717) is 12.2 Å². The predicted octanol–water partition coefficient (Wildman–Crippen LogP) is 3.34. The van der Waals surface area contributed by atoms with E-state index in [9.17, 15) is 0 Å². The van der Waals surface area contributed by atoms with Crippen LogP contribution in [0.4, 0.5) is 0 Å². The highest BCUT2D eigenvalue weighted by Crippen LogP contribution is 2.12. The van der Waals surface area contributed by atoms with Gasteiger partial charge in [0, 0.05) is 22.8 Å². The SMILES string of the molecule is N#Cc1ccc(OCCc2ccc(Br)cn2)cc1. The van der Waals surface area contributed by atoms with Crippen LogP contribution in [0.25, 0.3) is 0 Å². The van der Waals surface area contributed by atoms with Crippen molar-refractivity contribution in [2.24, 2.45) is 0 Å². The molecule has 0 aliphatic rings. The molecule has 0 N–H and O–H groups in total. The molecule has 3 nitrogen and oxygen atoms in total. The Kier molecular flexibility index (Phi) is 4.32. The van der Waals surface area contributed by atoms with Gasteiger partial charge in [0.25, 0.3) is 0 Å². The van der Waals surface area contributed by atoms with Crippen LogP contribution >= 0.6 is 15.9 Å². The second-order valence-electron chi connectivity index (χ2n) is 3.70. The van der Waals surface area contributed by atoms with Crippen LogP contribution in [0.5, 0.6) is 5.75 Å². The van der Waals surface area contributed by atoms with Gasteiger partial charge in [-0.05, 0) is 52.3 Å². The molecule has 0 spiro atoms. The highest BCUT2D eigenvalue weighted by molar-refractivity contribution is 9.10. The van der Waals surface area contributed by atoms with Crippen LogP contribution < -0.4 is 4.74 Å². The summed E-state index contributed by atoms with van der Waals surface area (Å²) in [6.07, 6.45) is 2.53. The van der Waals surface area contributed by atoms with Crippen molar-refractivity contribution in [1.29, 1.82) is 5.26 Å². The van der Waals surface area contributed by atoms with Gasteiger partial charge >= 0.3 is 0 Å². The molecule has 4 heteroatoms. The average molecular weight is 303 g/mol. The third kappa shape index (κ3) is 3.57. The molecule has 0 saturated carbocycles. The molecule has 0 aliphatic carbocycles. The second kappa shape index (κ2) is 6.18. The maximum Gasteiger partial charge on any atom is 0.119 e. The molecule has 2 aromatic rings. The Balaban J connectivity index is 1.84. The Morgan fingerprint density at radius 1 is 1.17 bits per heavy atom. The Morgan fingerprint density at radius 3 is 2.56 bits per heavy atom. The molecular weight excluding hydrogens is 292 g/mol. The molecule has 18 heavy (non-hydrogen) atoms. The van der Waals surface area contributed by atoms with Crippen molar-refractivity contribution >= 4 is 15.9 Å². The van der Waals surface area contributed by atoms with Crippen LogP contribution in [-0.4, -0.2) is 11.6 Å². The van der Waals surface area contributed by atoms with Gasteiger partial charge in [0.1, 0.15) is 5.75 Å². The van der Waals surface area contributed by atoms with E-state index in [4.69, 9.17) is 10.00 Å². The number of pyridine rings is 1. The fourth-order valence-corrected chi connectivity index (χ4v) is 1.69. The van der Waals surface area contributed by atoms with E-state index in [-0.39, 0.29) is 0 Å². The van der Waals surface area contributed by atoms with Gasteiger partial charge < -0.3 is 4.74 Å². The molecule has 90 valence electrons. The van der Waals surface area contributed by atoms with Crippen molar-refractivity contribution in [3.05, 3.63) is 58.3 Å². The quantitative estimate of drug-likeness (QED) is 0.870. The summed E-state index contributed by atoms with van der Waals surface area (Å²) in [5.41, 5.74) is 1.63. The summed E-state index contributed by atoms with van der Waals surface area (Å²) < 4.78 is 6.55. The molecule has 1 heterocycles. The van der Waals surface area contributed by atoms with E-state index in [1.165, 1.54) is 0 Å². The smallest absolute Gasteiger partial charge is 0.119 e. The highest BCUT2D eigenvalue weighted by Gasteiger charge is 1.97. The van der Waals surface area contributed by atoms with Gasteiger partial charge in [-0.2, -0.15) is 5.26 Å². The van der Waals surface area contributed by atoms with E-state index in [2.05, 4.69) is 27.0 Å². The fraction of sp³-hybridized carbons (Fsp3) is 0.143. The lowest BCUT2D eigenvalue weighted by Crippen LogP contribution is -2.02. The predicted molar refractivity (Wildman–Crippen MR) is 72.3 cm³/mol. The summed E-state index contributed by atoms with van der Waals surface area (Å²) in [5.74, 6) is 0.770. The van der Waals surface area contributed by atoms with Crippen LogP contribution in [-0.2, 0) is 6.42 Å². The molecule has 1 aromatic heterocycles. The van der Waals surface area contributed by atoms with E-state index in [1.807, 2.05) is 12.1 Å². The molecule has 0 aliphatic heterocycles. The molecule has 0 saturated heterocycles. The van der Waals surface area contributed by atoms with Gasteiger partial charge in [0.15, 0.2) is 0 Å². The zero-order chi connectivity index (χ0) is 12.8. The molecular formula is C14H11BrN2O. The van der Waals surface area contributed by atoms with Crippen LogP contribution in [0.2, 0.25) is 0 Å². The zero-order valence-electron chi connectivity index (χ0n) is 9.64. The molecule has 1 aromatic carbocycles. The van der Waals surface area contributed by atoms with Gasteiger partial charge in [-0.15, -0.1) is 0 Å². The minimum atomic E-state index is 0.570. The first-order valence-electron chi connectivity index (χ1n) is 5.51. The number of nitrogens with zero attached hydrogens (tertiary/aromatic N) is 2. The number of benzene rings is 1. The van der Waals surface area contributed by atoms with E-state index in [0.717, 1.165) is 22.3 Å². The van der Waals surface area contributed by atoms with Crippen LogP contribution in [0.3, 0.4) is 0 Å². The molecule has 0 fully saturated rings. The number of hydrogen-bond acceptors (Lipinski definition) is 3. The number of aromatic nitrogens is 1. The van der Waals surface area contributed by atoms with Gasteiger partial charge in [0.2, 0.25) is 0 Å². The van der Waals surface area contributed by atoms with Crippen molar-refractivity contribution in [2.75, 3.05) is 6.61 Å². The standard InChI is InChI=1S/C14H11BrN2O/c15-12-3-4-13(17-10-12)7-8-18-14-5-1-11(9-16)2-6-14/h1-6,10H,7-8H2. The summed E-state index contributed by atoms with van der Waals surface area (Å²) in [7, 11) is 0. The van der Waals surface area contributed by atoms with Crippen molar-refractivity contribution < 1.29 is 4.74 Å². The lowest BCUT2D eigenvalue weighted by atomic mass is 10.2. The Labute approximate surface area is 114 Å². The van der Waals surface area contributed by atoms with E-state index < -0.39 is 0 Å². The minimum Gasteiger partial charge on any atom is -0.493 e. The first-order chi connectivity index (χ1) is 8.78. The third-order valence-electron chi connectivity index (χ3n) is 2.40. The van der Waals surface area contributed by atoms with Crippen molar-refractivity contribution in [3.8, 4) is 11.8 Å². The van der Waals surface area contributed by atoms with Crippen LogP contribution in [0, 0.1) is 11.3 Å². The third-order valence-corrected chi connectivity index (χ3v) is 2.87. The normalized spacial score (nSPS) is 9.78. The number of nitriles is 1. The maximum absolute atomic E-state index is 8.67. The Morgan fingerprint density at radius 2 is 1.94 bits per heavy atom. The van der Waals surface area contributed by atoms with Crippen molar-refractivity contribution in [1.82, 2.24) is 4.98 Å². The molecule has 0 radical (unpaired) electrons. The monoisotopic (exact) mass is 302 g/mol. The first-order valence-corrected chi connectivity index (χ1v) is 6.30. The fourth-order valence-electron chi connectivity index (χ4n) is 1.45. The lowest BCUT2D eigenvalue weighted by molar-refractivity contribution is 0.320. The molecule has 0 unspecified atom stereocenters. The Bertz CT molecular complexity index is 544. The largest absolute Gasteiger partial charge is 0.493 e. The lowest BCUT2D eigenvalue weighted by Gasteiger charge is -2.05. The van der Waals surface area contributed by atoms with Crippen molar-refractivity contribution in [2.45, 2.75) is 6.42 Å². The number of ether oxygens (including phenoxy) is 1. The van der Waals surface area contributed by atoms with Gasteiger partial charge in [0.05, 0.1) is 18.2 Å². The van der Waals surface area contributed by atoms with Crippen molar-refractivity contribution in [3.63, 3.8) is 0 Å². The number of rotatable bonds is 4. The summed E-state index contributed by atoms with van der Waals surface area (Å²) >= 11 is 3.34. The average Bonchev–Trinajstić information content (AvgIpc) is 2.42. The van der Waals surface area contributed by atoms with Gasteiger partial charge in [-0.1, -0.05) is 0 Å². The number of hydrogen-bond donors (Lipinski definition) is 0. The van der Waals surface area contributed by atoms with Crippen LogP contribution in [0.15, 0.2) is 47.1 Å². The number of halogens is 1. The topological polar surface area (TPSA) is 45.9 Å². The highest BCUT2D eigenvalue weighted by atomic mass is 79.9. The molecule has 2 rings (SSSR count). The Hall–Kier alpha value is -1.86.